The number of carbonyl (C=O) groups is 3. The smallest absolute Gasteiger partial charge is 0.342 e. The largest absolute Gasteiger partial charge is 0.493 e. The highest BCUT2D eigenvalue weighted by Gasteiger charge is 2.23. The van der Waals surface area contributed by atoms with Crippen LogP contribution in [0.25, 0.3) is 0 Å². The van der Waals surface area contributed by atoms with Crippen LogP contribution in [0.4, 0.5) is 4.79 Å². The van der Waals surface area contributed by atoms with Crippen molar-refractivity contribution in [1.82, 2.24) is 5.32 Å². The molecular weight excluding hydrogens is 280 g/mol. The average Bonchev–Trinajstić information content (AvgIpc) is 2.45. The van der Waals surface area contributed by atoms with Crippen molar-refractivity contribution in [1.29, 1.82) is 0 Å². The van der Waals surface area contributed by atoms with Gasteiger partial charge < -0.3 is 19.9 Å². The average molecular weight is 296 g/mol. The fraction of sp³-hybridized carbons (Fsp3) is 0.308. The Morgan fingerprint density at radius 3 is 2.38 bits per heavy atom. The Balaban J connectivity index is 2.89. The van der Waals surface area contributed by atoms with E-state index in [-0.39, 0.29) is 11.3 Å². The third-order valence-corrected chi connectivity index (χ3v) is 2.52. The number of imide groups is 1. The standard InChI is InChI=1S/C13H16N2O6/c1-7(11(16)15-13(14)18)21-12(17)8-5-4-6-9(19-2)10(8)20-3/h4-7H,1-3H3,(H3,14,15,16,18)/t7-/m0/s1. The molecule has 0 aromatic heterocycles. The summed E-state index contributed by atoms with van der Waals surface area (Å²) in [4.78, 5) is 34.1. The quantitative estimate of drug-likeness (QED) is 0.762. The van der Waals surface area contributed by atoms with Crippen molar-refractivity contribution in [2.24, 2.45) is 5.73 Å². The zero-order chi connectivity index (χ0) is 16.0. The van der Waals surface area contributed by atoms with E-state index in [1.165, 1.54) is 27.2 Å². The fourth-order valence-electron chi connectivity index (χ4n) is 1.55. The molecule has 1 aromatic rings. The van der Waals surface area contributed by atoms with Crippen LogP contribution in [-0.4, -0.2) is 38.2 Å². The summed E-state index contributed by atoms with van der Waals surface area (Å²) in [7, 11) is 2.80. The number of nitrogens with two attached hydrogens (primary N) is 1. The van der Waals surface area contributed by atoms with E-state index < -0.39 is 24.0 Å². The van der Waals surface area contributed by atoms with Gasteiger partial charge in [0.1, 0.15) is 5.56 Å². The Labute approximate surface area is 121 Å². The number of methoxy groups -OCH3 is 2. The summed E-state index contributed by atoms with van der Waals surface area (Å²) in [5.74, 6) is -1.08. The van der Waals surface area contributed by atoms with Crippen LogP contribution >= 0.6 is 0 Å². The molecular formula is C13H16N2O6. The number of hydrogen-bond donors (Lipinski definition) is 2. The third kappa shape index (κ3) is 4.10. The summed E-state index contributed by atoms with van der Waals surface area (Å²) >= 11 is 0. The summed E-state index contributed by atoms with van der Waals surface area (Å²) in [6.07, 6.45) is -1.19. The SMILES string of the molecule is COc1cccc(C(=O)O[C@@H](C)C(=O)NC(N)=O)c1OC. The molecule has 0 aliphatic heterocycles. The van der Waals surface area contributed by atoms with Crippen LogP contribution in [0.5, 0.6) is 11.5 Å². The van der Waals surface area contributed by atoms with Crippen molar-refractivity contribution >= 4 is 17.9 Å². The van der Waals surface area contributed by atoms with Crippen molar-refractivity contribution in [2.45, 2.75) is 13.0 Å². The number of hydrogen-bond acceptors (Lipinski definition) is 6. The molecule has 0 spiro atoms. The molecule has 0 heterocycles. The second-order valence-electron chi connectivity index (χ2n) is 3.94. The van der Waals surface area contributed by atoms with Crippen LogP contribution < -0.4 is 20.5 Å². The highest BCUT2D eigenvalue weighted by Crippen LogP contribution is 2.31. The first-order chi connectivity index (χ1) is 9.90. The first-order valence-corrected chi connectivity index (χ1v) is 5.93. The van der Waals surface area contributed by atoms with Crippen LogP contribution in [0.2, 0.25) is 0 Å². The number of esters is 1. The first kappa shape index (κ1) is 16.3. The van der Waals surface area contributed by atoms with E-state index >= 15 is 0 Å². The van der Waals surface area contributed by atoms with Gasteiger partial charge in [0.2, 0.25) is 0 Å². The molecule has 0 unspecified atom stereocenters. The van der Waals surface area contributed by atoms with Crippen molar-refractivity contribution in [3.05, 3.63) is 23.8 Å². The van der Waals surface area contributed by atoms with Gasteiger partial charge in [-0.25, -0.2) is 9.59 Å². The molecule has 0 saturated carbocycles. The fourth-order valence-corrected chi connectivity index (χ4v) is 1.55. The molecule has 3 amide bonds. The normalized spacial score (nSPS) is 11.2. The Kier molecular flexibility index (Phi) is 5.53. The number of benzene rings is 1. The van der Waals surface area contributed by atoms with E-state index in [9.17, 15) is 14.4 Å². The predicted molar refractivity (Wildman–Crippen MR) is 72.1 cm³/mol. The van der Waals surface area contributed by atoms with E-state index in [0.29, 0.717) is 5.75 Å². The molecule has 114 valence electrons. The van der Waals surface area contributed by atoms with Gasteiger partial charge in [-0.15, -0.1) is 0 Å². The Morgan fingerprint density at radius 2 is 1.86 bits per heavy atom. The lowest BCUT2D eigenvalue weighted by atomic mass is 10.2. The maximum atomic E-state index is 12.0. The van der Waals surface area contributed by atoms with Gasteiger partial charge in [-0.3, -0.25) is 10.1 Å². The highest BCUT2D eigenvalue weighted by molar-refractivity contribution is 5.99. The lowest BCUT2D eigenvalue weighted by Gasteiger charge is -2.15. The molecule has 21 heavy (non-hydrogen) atoms. The van der Waals surface area contributed by atoms with Gasteiger partial charge in [0.05, 0.1) is 14.2 Å². The van der Waals surface area contributed by atoms with Crippen molar-refractivity contribution in [3.63, 3.8) is 0 Å². The number of ether oxygens (including phenoxy) is 3. The van der Waals surface area contributed by atoms with E-state index in [0.717, 1.165) is 0 Å². The summed E-state index contributed by atoms with van der Waals surface area (Å²) < 4.78 is 15.1. The molecule has 8 nitrogen and oxygen atoms in total. The van der Waals surface area contributed by atoms with Crippen molar-refractivity contribution in [2.75, 3.05) is 14.2 Å². The Bertz CT molecular complexity index is 558. The number of amides is 3. The topological polar surface area (TPSA) is 117 Å². The molecule has 3 N–H and O–H groups in total. The minimum absolute atomic E-state index is 0.0931. The molecule has 1 rings (SSSR count). The monoisotopic (exact) mass is 296 g/mol. The van der Waals surface area contributed by atoms with E-state index in [1.54, 1.807) is 12.1 Å². The van der Waals surface area contributed by atoms with Crippen molar-refractivity contribution < 1.29 is 28.6 Å². The van der Waals surface area contributed by atoms with Gasteiger partial charge in [-0.1, -0.05) is 6.07 Å². The molecule has 8 heteroatoms. The molecule has 0 bridgehead atoms. The molecule has 1 aromatic carbocycles. The number of primary amides is 1. The minimum Gasteiger partial charge on any atom is -0.493 e. The third-order valence-electron chi connectivity index (χ3n) is 2.52. The van der Waals surface area contributed by atoms with Gasteiger partial charge in [0.25, 0.3) is 5.91 Å². The highest BCUT2D eigenvalue weighted by atomic mass is 16.6. The lowest BCUT2D eigenvalue weighted by molar-refractivity contribution is -0.127. The molecule has 0 aliphatic carbocycles. The van der Waals surface area contributed by atoms with Gasteiger partial charge in [-0.2, -0.15) is 0 Å². The van der Waals surface area contributed by atoms with Crippen LogP contribution in [-0.2, 0) is 9.53 Å². The Morgan fingerprint density at radius 1 is 1.19 bits per heavy atom. The molecule has 0 saturated heterocycles. The second kappa shape index (κ2) is 7.13. The molecule has 0 fully saturated rings. The summed E-state index contributed by atoms with van der Waals surface area (Å²) in [6, 6.07) is 3.62. The van der Waals surface area contributed by atoms with Gasteiger partial charge in [0.15, 0.2) is 17.6 Å². The number of para-hydroxylation sites is 1. The van der Waals surface area contributed by atoms with E-state index in [1.807, 2.05) is 5.32 Å². The maximum Gasteiger partial charge on any atom is 0.342 e. The molecule has 0 aliphatic rings. The van der Waals surface area contributed by atoms with Crippen molar-refractivity contribution in [3.8, 4) is 11.5 Å². The summed E-state index contributed by atoms with van der Waals surface area (Å²) in [5.41, 5.74) is 4.90. The maximum absolute atomic E-state index is 12.0. The number of rotatable bonds is 5. The number of carbonyl (C=O) groups excluding carboxylic acids is 3. The van der Waals surface area contributed by atoms with Gasteiger partial charge in [0, 0.05) is 0 Å². The van der Waals surface area contributed by atoms with Gasteiger partial charge >= 0.3 is 12.0 Å². The lowest BCUT2D eigenvalue weighted by Crippen LogP contribution is -2.42. The van der Waals surface area contributed by atoms with Gasteiger partial charge in [-0.05, 0) is 19.1 Å². The van der Waals surface area contributed by atoms with Crippen LogP contribution in [0.3, 0.4) is 0 Å². The van der Waals surface area contributed by atoms with E-state index in [4.69, 9.17) is 19.9 Å². The minimum atomic E-state index is -1.19. The summed E-state index contributed by atoms with van der Waals surface area (Å²) in [5, 5.41) is 1.82. The first-order valence-electron chi connectivity index (χ1n) is 5.93. The number of urea groups is 1. The van der Waals surface area contributed by atoms with Crippen LogP contribution in [0.1, 0.15) is 17.3 Å². The number of nitrogens with one attached hydrogen (secondary N) is 1. The molecule has 1 atom stereocenters. The second-order valence-corrected chi connectivity index (χ2v) is 3.94. The zero-order valence-electron chi connectivity index (χ0n) is 11.8. The van der Waals surface area contributed by atoms with E-state index in [2.05, 4.69) is 0 Å². The molecule has 0 radical (unpaired) electrons. The summed E-state index contributed by atoms with van der Waals surface area (Å²) in [6.45, 7) is 1.31. The van der Waals surface area contributed by atoms with Crippen LogP contribution in [0, 0.1) is 0 Å². The van der Waals surface area contributed by atoms with Crippen LogP contribution in [0.15, 0.2) is 18.2 Å². The Hall–Kier alpha value is -2.77. The zero-order valence-corrected chi connectivity index (χ0v) is 11.8. The predicted octanol–water partition coefficient (Wildman–Crippen LogP) is 0.444.